The molecule has 3 aromatic carbocycles. The number of allylic oxidation sites excluding steroid dienone is 1. The molecule has 0 fully saturated rings. The van der Waals surface area contributed by atoms with Crippen molar-refractivity contribution in [2.24, 2.45) is 4.99 Å². The molecular weight excluding hydrogens is 522 g/mol. The van der Waals surface area contributed by atoms with Crippen LogP contribution >= 0.6 is 11.3 Å². The van der Waals surface area contributed by atoms with Crippen LogP contribution in [0.5, 0.6) is 11.5 Å². The molecule has 200 valence electrons. The fourth-order valence-electron chi connectivity index (χ4n) is 4.55. The summed E-state index contributed by atoms with van der Waals surface area (Å²) in [6.07, 6.45) is 7.14. The van der Waals surface area contributed by atoms with E-state index in [1.54, 1.807) is 23.6 Å². The maximum Gasteiger partial charge on any atom is 0.271 e. The van der Waals surface area contributed by atoms with Gasteiger partial charge in [0, 0.05) is 11.3 Å². The maximum absolute atomic E-state index is 14.0. The fraction of sp³-hybridized carbons (Fsp3) is 0.156. The van der Waals surface area contributed by atoms with E-state index in [-0.39, 0.29) is 18.1 Å². The molecule has 1 aromatic heterocycles. The highest BCUT2D eigenvalue weighted by molar-refractivity contribution is 7.07. The molecule has 1 N–H and O–H groups in total. The van der Waals surface area contributed by atoms with Gasteiger partial charge >= 0.3 is 0 Å². The van der Waals surface area contributed by atoms with Crippen molar-refractivity contribution < 1.29 is 14.3 Å². The van der Waals surface area contributed by atoms with Gasteiger partial charge in [0.05, 0.1) is 28.5 Å². The molecule has 0 unspecified atom stereocenters. The van der Waals surface area contributed by atoms with Gasteiger partial charge in [0.1, 0.15) is 18.1 Å². The summed E-state index contributed by atoms with van der Waals surface area (Å²) in [7, 11) is 0. The lowest BCUT2D eigenvalue weighted by molar-refractivity contribution is -0.113. The van der Waals surface area contributed by atoms with E-state index in [9.17, 15) is 9.59 Å². The Labute approximate surface area is 235 Å². The molecule has 8 heteroatoms. The number of para-hydroxylation sites is 2. The molecule has 4 aromatic rings. The van der Waals surface area contributed by atoms with E-state index in [1.165, 1.54) is 11.3 Å². The third-order valence-corrected chi connectivity index (χ3v) is 7.30. The van der Waals surface area contributed by atoms with Crippen molar-refractivity contribution in [2.75, 3.05) is 18.5 Å². The van der Waals surface area contributed by atoms with Crippen LogP contribution in [0.3, 0.4) is 0 Å². The number of carbonyl (C=O) groups is 1. The number of nitrogens with one attached hydrogen (secondary N) is 1. The summed E-state index contributed by atoms with van der Waals surface area (Å²) in [6.45, 7) is 4.36. The minimum absolute atomic E-state index is 0.114. The summed E-state index contributed by atoms with van der Waals surface area (Å²) in [5.41, 5.74) is 2.81. The first-order chi connectivity index (χ1) is 19.5. The molecule has 0 saturated carbocycles. The Morgan fingerprint density at radius 2 is 1.80 bits per heavy atom. The van der Waals surface area contributed by atoms with Gasteiger partial charge in [0.2, 0.25) is 0 Å². The van der Waals surface area contributed by atoms with E-state index in [4.69, 9.17) is 20.9 Å². The Morgan fingerprint density at radius 1 is 1.07 bits per heavy atom. The quantitative estimate of drug-likeness (QED) is 0.333. The predicted molar refractivity (Wildman–Crippen MR) is 157 cm³/mol. The summed E-state index contributed by atoms with van der Waals surface area (Å²) >= 11 is 1.26. The van der Waals surface area contributed by atoms with Gasteiger partial charge in [-0.15, -0.1) is 6.42 Å². The Morgan fingerprint density at radius 3 is 2.52 bits per heavy atom. The molecule has 1 atom stereocenters. The molecule has 7 nitrogen and oxygen atoms in total. The van der Waals surface area contributed by atoms with Crippen LogP contribution in [0, 0.1) is 12.3 Å². The van der Waals surface area contributed by atoms with Gasteiger partial charge in [-0.05, 0) is 55.8 Å². The van der Waals surface area contributed by atoms with Crippen LogP contribution in [-0.2, 0) is 4.79 Å². The lowest BCUT2D eigenvalue weighted by Gasteiger charge is -2.25. The van der Waals surface area contributed by atoms with Gasteiger partial charge in [-0.25, -0.2) is 4.99 Å². The highest BCUT2D eigenvalue weighted by atomic mass is 32.1. The van der Waals surface area contributed by atoms with Crippen LogP contribution in [-0.4, -0.2) is 23.7 Å². The minimum Gasteiger partial charge on any atom is -0.494 e. The summed E-state index contributed by atoms with van der Waals surface area (Å²) in [6, 6.07) is 23.3. The number of hydrogen-bond acceptors (Lipinski definition) is 6. The summed E-state index contributed by atoms with van der Waals surface area (Å²) in [4.78, 5) is 32.9. The molecule has 1 aliphatic heterocycles. The lowest BCUT2D eigenvalue weighted by Crippen LogP contribution is -2.40. The molecule has 1 aliphatic rings. The number of aromatic nitrogens is 1. The predicted octanol–water partition coefficient (Wildman–Crippen LogP) is 4.28. The molecule has 0 bridgehead atoms. The Kier molecular flexibility index (Phi) is 7.94. The maximum atomic E-state index is 14.0. The summed E-state index contributed by atoms with van der Waals surface area (Å²) < 4.78 is 13.3. The van der Waals surface area contributed by atoms with E-state index in [0.29, 0.717) is 44.4 Å². The van der Waals surface area contributed by atoms with E-state index < -0.39 is 6.04 Å². The van der Waals surface area contributed by atoms with Crippen LogP contribution in [0.25, 0.3) is 6.08 Å². The van der Waals surface area contributed by atoms with Crippen molar-refractivity contribution in [1.29, 1.82) is 0 Å². The van der Waals surface area contributed by atoms with Crippen LogP contribution in [0.4, 0.5) is 5.69 Å². The SMILES string of the molecule is C#CCOc1ccccc1/C=c1\sc2n(c1=O)[C@H](c1ccc(OCC)cc1)C(C(=O)Nc1ccccc1)=C(C)N=2. The number of carbonyl (C=O) groups excluding carboxylic acids is 1. The van der Waals surface area contributed by atoms with Gasteiger partial charge in [-0.3, -0.25) is 14.2 Å². The summed E-state index contributed by atoms with van der Waals surface area (Å²) in [5, 5.41) is 2.96. The van der Waals surface area contributed by atoms with Crippen LogP contribution < -0.4 is 29.7 Å². The number of benzene rings is 3. The van der Waals surface area contributed by atoms with Gasteiger partial charge in [-0.2, -0.15) is 0 Å². The zero-order valence-electron chi connectivity index (χ0n) is 22.1. The van der Waals surface area contributed by atoms with E-state index in [0.717, 1.165) is 11.1 Å². The molecule has 0 saturated heterocycles. The standard InChI is InChI=1S/C32H27N3O4S/c1-4-19-39-26-14-10-9-11-23(26)20-27-31(37)35-29(22-15-17-25(18-16-22)38-5-2)28(21(3)33-32(35)40-27)30(36)34-24-12-7-6-8-13-24/h1,6-18,20,29H,5,19H2,2-3H3,(H,34,36)/b27-20-/t29-/m1/s1. The molecular formula is C32H27N3O4S. The molecule has 5 rings (SSSR count). The third kappa shape index (κ3) is 5.46. The van der Waals surface area contributed by atoms with Crippen molar-refractivity contribution in [1.82, 2.24) is 4.57 Å². The van der Waals surface area contributed by atoms with Crippen molar-refractivity contribution in [3.05, 3.63) is 121 Å². The molecule has 1 amide bonds. The molecule has 0 spiro atoms. The van der Waals surface area contributed by atoms with Crippen LogP contribution in [0.15, 0.2) is 99.9 Å². The van der Waals surface area contributed by atoms with Gasteiger partial charge in [-0.1, -0.05) is 65.8 Å². The molecule has 0 aliphatic carbocycles. The monoisotopic (exact) mass is 549 g/mol. The van der Waals surface area contributed by atoms with Gasteiger partial charge in [0.15, 0.2) is 4.80 Å². The zero-order valence-corrected chi connectivity index (χ0v) is 22.9. The second kappa shape index (κ2) is 11.9. The average molecular weight is 550 g/mol. The molecule has 40 heavy (non-hydrogen) atoms. The zero-order chi connectivity index (χ0) is 28.1. The second-order valence-corrected chi connectivity index (χ2v) is 9.94. The number of terminal acetylenes is 1. The highest BCUT2D eigenvalue weighted by Crippen LogP contribution is 2.32. The fourth-order valence-corrected chi connectivity index (χ4v) is 5.59. The number of amides is 1. The first-order valence-electron chi connectivity index (χ1n) is 12.8. The van der Waals surface area contributed by atoms with Crippen LogP contribution in [0.1, 0.15) is 31.0 Å². The lowest BCUT2D eigenvalue weighted by atomic mass is 9.95. The smallest absolute Gasteiger partial charge is 0.271 e. The number of nitrogens with zero attached hydrogens (tertiary/aromatic N) is 2. The second-order valence-electron chi connectivity index (χ2n) is 8.93. The Bertz CT molecular complexity index is 1800. The number of rotatable bonds is 8. The molecule has 2 heterocycles. The van der Waals surface area contributed by atoms with Crippen molar-refractivity contribution in [2.45, 2.75) is 19.9 Å². The normalized spacial score (nSPS) is 14.6. The van der Waals surface area contributed by atoms with E-state index in [1.807, 2.05) is 79.7 Å². The highest BCUT2D eigenvalue weighted by Gasteiger charge is 2.32. The minimum atomic E-state index is -0.689. The number of fused-ring (bicyclic) bond motifs is 1. The summed E-state index contributed by atoms with van der Waals surface area (Å²) in [5.74, 6) is 3.42. The van der Waals surface area contributed by atoms with E-state index >= 15 is 0 Å². The van der Waals surface area contributed by atoms with Gasteiger partial charge in [0.25, 0.3) is 11.5 Å². The van der Waals surface area contributed by atoms with Crippen LogP contribution in [0.2, 0.25) is 0 Å². The van der Waals surface area contributed by atoms with Crippen molar-refractivity contribution in [3.8, 4) is 23.8 Å². The number of anilines is 1. The number of ether oxygens (including phenoxy) is 2. The number of hydrogen-bond donors (Lipinski definition) is 1. The Hall–Kier alpha value is -4.87. The number of thiazole rings is 1. The van der Waals surface area contributed by atoms with Gasteiger partial charge < -0.3 is 14.8 Å². The van der Waals surface area contributed by atoms with E-state index in [2.05, 4.69) is 11.2 Å². The average Bonchev–Trinajstić information content (AvgIpc) is 3.27. The first kappa shape index (κ1) is 26.7. The molecule has 0 radical (unpaired) electrons. The largest absolute Gasteiger partial charge is 0.494 e. The first-order valence-corrected chi connectivity index (χ1v) is 13.6. The topological polar surface area (TPSA) is 81.9 Å². The van der Waals surface area contributed by atoms with Crippen molar-refractivity contribution in [3.63, 3.8) is 0 Å². The third-order valence-electron chi connectivity index (χ3n) is 6.32. The Balaban J connectivity index is 1.65. The van der Waals surface area contributed by atoms with Crippen molar-refractivity contribution >= 4 is 29.0 Å².